The summed E-state index contributed by atoms with van der Waals surface area (Å²) in [7, 11) is 0. The second-order valence-electron chi connectivity index (χ2n) is 10.9. The summed E-state index contributed by atoms with van der Waals surface area (Å²) in [6.07, 6.45) is -0.437. The fraction of sp³-hybridized carbons (Fsp3) is 0.375. The van der Waals surface area contributed by atoms with Gasteiger partial charge in [-0.15, -0.1) is 0 Å². The van der Waals surface area contributed by atoms with Crippen molar-refractivity contribution < 1.29 is 23.8 Å². The van der Waals surface area contributed by atoms with Gasteiger partial charge in [0.2, 0.25) is 0 Å². The average molecular weight is 529 g/mol. The van der Waals surface area contributed by atoms with Crippen LogP contribution in [0.2, 0.25) is 0 Å². The lowest BCUT2D eigenvalue weighted by molar-refractivity contribution is 0.0224. The molecule has 7 heteroatoms. The van der Waals surface area contributed by atoms with E-state index in [0.717, 1.165) is 35.5 Å². The summed E-state index contributed by atoms with van der Waals surface area (Å²) in [6.45, 7) is 15.9. The fourth-order valence-corrected chi connectivity index (χ4v) is 5.61. The highest BCUT2D eigenvalue weighted by Gasteiger charge is 2.53. The predicted octanol–water partition coefficient (Wildman–Crippen LogP) is 7.17. The lowest BCUT2D eigenvalue weighted by Gasteiger charge is -2.38. The van der Waals surface area contributed by atoms with Crippen molar-refractivity contribution in [3.8, 4) is 11.5 Å². The summed E-state index contributed by atoms with van der Waals surface area (Å²) < 4.78 is 18.5. The Hall–Kier alpha value is -4.00. The summed E-state index contributed by atoms with van der Waals surface area (Å²) >= 11 is 0. The minimum Gasteiger partial charge on any atom is -0.456 e. The average Bonchev–Trinajstić information content (AvgIpc) is 3.18. The van der Waals surface area contributed by atoms with Crippen LogP contribution in [0.15, 0.2) is 54.6 Å². The maximum absolute atomic E-state index is 13.2. The van der Waals surface area contributed by atoms with Gasteiger partial charge >= 0.3 is 12.1 Å². The molecule has 2 aliphatic heterocycles. The molecule has 3 aromatic rings. The van der Waals surface area contributed by atoms with Crippen molar-refractivity contribution >= 4 is 23.4 Å². The van der Waals surface area contributed by atoms with Crippen LogP contribution in [0.25, 0.3) is 0 Å². The van der Waals surface area contributed by atoms with Gasteiger partial charge in [-0.05, 0) is 78.3 Å². The molecule has 3 aromatic carbocycles. The van der Waals surface area contributed by atoms with Crippen molar-refractivity contribution in [1.82, 2.24) is 0 Å². The van der Waals surface area contributed by atoms with Crippen LogP contribution in [0.3, 0.4) is 0 Å². The summed E-state index contributed by atoms with van der Waals surface area (Å²) in [5.74, 6) is 0.778. The Morgan fingerprint density at radius 2 is 1.59 bits per heavy atom. The fourth-order valence-electron chi connectivity index (χ4n) is 5.61. The first-order valence-corrected chi connectivity index (χ1v) is 13.6. The lowest BCUT2D eigenvalue weighted by Crippen LogP contribution is -2.37. The van der Waals surface area contributed by atoms with Crippen LogP contribution >= 0.6 is 0 Å². The minimum absolute atomic E-state index is 0.372. The molecule has 0 saturated heterocycles. The highest BCUT2D eigenvalue weighted by Crippen LogP contribution is 2.57. The zero-order valence-corrected chi connectivity index (χ0v) is 23.8. The van der Waals surface area contributed by atoms with Crippen LogP contribution in [0.4, 0.5) is 16.2 Å². The van der Waals surface area contributed by atoms with Gasteiger partial charge < -0.3 is 19.1 Å². The first-order chi connectivity index (χ1) is 18.5. The molecule has 0 N–H and O–H groups in total. The number of rotatable bonds is 5. The van der Waals surface area contributed by atoms with Crippen molar-refractivity contribution in [2.24, 2.45) is 0 Å². The summed E-state index contributed by atoms with van der Waals surface area (Å²) in [4.78, 5) is 30.1. The second-order valence-corrected chi connectivity index (χ2v) is 10.9. The zero-order valence-electron chi connectivity index (χ0n) is 23.8. The summed E-state index contributed by atoms with van der Waals surface area (Å²) in [5, 5.41) is 0. The van der Waals surface area contributed by atoms with E-state index in [4.69, 9.17) is 14.2 Å². The van der Waals surface area contributed by atoms with Crippen molar-refractivity contribution in [1.29, 1.82) is 0 Å². The van der Waals surface area contributed by atoms with Gasteiger partial charge in [0.25, 0.3) is 0 Å². The van der Waals surface area contributed by atoms with Gasteiger partial charge in [-0.2, -0.15) is 0 Å². The van der Waals surface area contributed by atoms with E-state index in [-0.39, 0.29) is 5.97 Å². The number of nitrogens with zero attached hydrogens (tertiary/aromatic N) is 2. The normalized spacial score (nSPS) is 17.1. The van der Waals surface area contributed by atoms with E-state index in [2.05, 4.69) is 31.7 Å². The maximum Gasteiger partial charge on any atom is 0.414 e. The molecule has 7 nitrogen and oxygen atoms in total. The Labute approximate surface area is 230 Å². The summed E-state index contributed by atoms with van der Waals surface area (Å²) in [6, 6.07) is 17.2. The Bertz CT molecular complexity index is 1450. The summed E-state index contributed by atoms with van der Waals surface area (Å²) in [5.41, 5.74) is 3.80. The zero-order chi connectivity index (χ0) is 28.1. The largest absolute Gasteiger partial charge is 0.456 e. The molecule has 0 aliphatic carbocycles. The number of aryl methyl sites for hydroxylation is 1. The highest BCUT2D eigenvalue weighted by molar-refractivity contribution is 5.97. The molecule has 0 bridgehead atoms. The Morgan fingerprint density at radius 1 is 0.897 bits per heavy atom. The standard InChI is InChI=1S/C32H36N2O5/c1-8-33(9-2)26-19-28-25(17-20(26)4)32(23-14-12-11-13-22(23)29(35)38-32)24-16-15-21(18-27(24)37-28)34(10-3)30(36)39-31(5,6)7/h11-19H,8-10H2,1-7H3. The molecule has 0 saturated carbocycles. The van der Waals surface area contributed by atoms with Gasteiger partial charge in [0.1, 0.15) is 17.1 Å². The molecule has 0 radical (unpaired) electrons. The number of esters is 1. The molecule has 2 heterocycles. The van der Waals surface area contributed by atoms with E-state index in [1.54, 1.807) is 11.0 Å². The minimum atomic E-state index is -1.16. The van der Waals surface area contributed by atoms with E-state index in [0.29, 0.717) is 34.9 Å². The van der Waals surface area contributed by atoms with Crippen molar-refractivity contribution in [2.75, 3.05) is 29.4 Å². The number of anilines is 2. The third kappa shape index (κ3) is 4.30. The van der Waals surface area contributed by atoms with Gasteiger partial charge in [0.15, 0.2) is 5.60 Å². The van der Waals surface area contributed by atoms with Gasteiger partial charge in [-0.3, -0.25) is 4.90 Å². The molecule has 1 amide bonds. The van der Waals surface area contributed by atoms with E-state index in [1.807, 2.05) is 70.2 Å². The van der Waals surface area contributed by atoms with E-state index >= 15 is 0 Å². The van der Waals surface area contributed by atoms with Crippen LogP contribution in [0.1, 0.15) is 74.2 Å². The SMILES string of the molecule is CCN(CC)c1cc2c(cc1C)C1(OC(=O)c3ccccc31)c1ccc(N(CC)C(=O)OC(C)(C)C)cc1O2. The molecular weight excluding hydrogens is 492 g/mol. The monoisotopic (exact) mass is 528 g/mol. The molecule has 39 heavy (non-hydrogen) atoms. The molecule has 0 fully saturated rings. The van der Waals surface area contributed by atoms with E-state index < -0.39 is 17.3 Å². The van der Waals surface area contributed by atoms with Crippen molar-refractivity contribution in [3.05, 3.63) is 82.4 Å². The van der Waals surface area contributed by atoms with Crippen molar-refractivity contribution in [3.63, 3.8) is 0 Å². The molecule has 1 unspecified atom stereocenters. The molecule has 204 valence electrons. The van der Waals surface area contributed by atoms with Crippen LogP contribution in [-0.2, 0) is 15.1 Å². The molecule has 0 aromatic heterocycles. The molecule has 2 aliphatic rings. The first-order valence-electron chi connectivity index (χ1n) is 13.6. The molecule has 5 rings (SSSR count). The highest BCUT2D eigenvalue weighted by atomic mass is 16.6. The van der Waals surface area contributed by atoms with E-state index in [9.17, 15) is 9.59 Å². The maximum atomic E-state index is 13.2. The molecular formula is C32H36N2O5. The van der Waals surface area contributed by atoms with Crippen LogP contribution in [0, 0.1) is 6.92 Å². The quantitative estimate of drug-likeness (QED) is 0.327. The predicted molar refractivity (Wildman–Crippen MR) is 152 cm³/mol. The number of benzene rings is 3. The van der Waals surface area contributed by atoms with Gasteiger partial charge in [0, 0.05) is 54.1 Å². The first kappa shape index (κ1) is 26.6. The topological polar surface area (TPSA) is 68.3 Å². The number of ether oxygens (including phenoxy) is 3. The van der Waals surface area contributed by atoms with Gasteiger partial charge in [0.05, 0.1) is 11.3 Å². The molecule has 1 spiro atoms. The number of fused-ring (bicyclic) bond motifs is 6. The number of hydrogen-bond acceptors (Lipinski definition) is 6. The smallest absolute Gasteiger partial charge is 0.414 e. The number of hydrogen-bond donors (Lipinski definition) is 0. The van der Waals surface area contributed by atoms with Crippen molar-refractivity contribution in [2.45, 2.75) is 59.7 Å². The third-order valence-electron chi connectivity index (χ3n) is 7.36. The number of carbonyl (C=O) groups excluding carboxylic acids is 2. The van der Waals surface area contributed by atoms with Gasteiger partial charge in [-0.1, -0.05) is 18.2 Å². The van der Waals surface area contributed by atoms with Crippen LogP contribution in [-0.4, -0.2) is 37.3 Å². The van der Waals surface area contributed by atoms with Gasteiger partial charge in [-0.25, -0.2) is 9.59 Å². The number of carbonyl (C=O) groups is 2. The molecule has 1 atom stereocenters. The van der Waals surface area contributed by atoms with E-state index in [1.165, 1.54) is 0 Å². The second kappa shape index (κ2) is 9.63. The van der Waals surface area contributed by atoms with Crippen LogP contribution in [0.5, 0.6) is 11.5 Å². The Morgan fingerprint density at radius 3 is 2.26 bits per heavy atom. The Kier molecular flexibility index (Phi) is 6.57. The van der Waals surface area contributed by atoms with Crippen LogP contribution < -0.4 is 14.5 Å². The number of amides is 1. The third-order valence-corrected chi connectivity index (χ3v) is 7.36. The lowest BCUT2D eigenvalue weighted by atomic mass is 9.77. The Balaban J connectivity index is 1.72.